The van der Waals surface area contributed by atoms with E-state index in [-0.39, 0.29) is 0 Å². The van der Waals surface area contributed by atoms with Gasteiger partial charge >= 0.3 is 0 Å². The van der Waals surface area contributed by atoms with Gasteiger partial charge in [-0.3, -0.25) is 4.90 Å². The molecular formula is C10H21NO3. The van der Waals surface area contributed by atoms with Crippen LogP contribution in [0.4, 0.5) is 0 Å². The van der Waals surface area contributed by atoms with Gasteiger partial charge in [0, 0.05) is 26.2 Å². The van der Waals surface area contributed by atoms with Crippen LogP contribution >= 0.6 is 0 Å². The first-order chi connectivity index (χ1) is 6.59. The Morgan fingerprint density at radius 1 is 1.29 bits per heavy atom. The van der Waals surface area contributed by atoms with Crippen molar-refractivity contribution in [2.24, 2.45) is 5.92 Å². The average molecular weight is 203 g/mol. The monoisotopic (exact) mass is 203 g/mol. The van der Waals surface area contributed by atoms with Crippen LogP contribution < -0.4 is 0 Å². The molecule has 0 saturated carbocycles. The van der Waals surface area contributed by atoms with Crippen molar-refractivity contribution >= 4 is 0 Å². The Morgan fingerprint density at radius 2 is 1.86 bits per heavy atom. The molecule has 1 aliphatic rings. The van der Waals surface area contributed by atoms with Gasteiger partial charge in [-0.25, -0.2) is 0 Å². The fourth-order valence-corrected chi connectivity index (χ4v) is 1.54. The van der Waals surface area contributed by atoms with Gasteiger partial charge < -0.3 is 14.9 Å². The van der Waals surface area contributed by atoms with E-state index in [0.717, 1.165) is 13.2 Å². The summed E-state index contributed by atoms with van der Waals surface area (Å²) in [7, 11) is 0. The average Bonchev–Trinajstić information content (AvgIpc) is 2.40. The quantitative estimate of drug-likeness (QED) is 0.602. The third-order valence-electron chi connectivity index (χ3n) is 2.34. The van der Waals surface area contributed by atoms with Crippen LogP contribution in [-0.4, -0.2) is 60.2 Å². The number of nitrogens with zero attached hydrogens (tertiary/aromatic N) is 1. The highest BCUT2D eigenvalue weighted by atomic mass is 16.5. The van der Waals surface area contributed by atoms with Crippen LogP contribution in [0.2, 0.25) is 0 Å². The first-order valence-electron chi connectivity index (χ1n) is 5.26. The standard InChI is InChI=1S/C10H21NO3/c1-8(2)7-14-4-3-11-5-9(12)10(13)6-11/h8-10,12-13H,3-7H2,1-2H3/t9-,10+. The molecule has 0 aromatic carbocycles. The van der Waals surface area contributed by atoms with Gasteiger partial charge in [0.15, 0.2) is 0 Å². The van der Waals surface area contributed by atoms with Crippen molar-refractivity contribution in [1.82, 2.24) is 4.90 Å². The van der Waals surface area contributed by atoms with Crippen LogP contribution in [0.15, 0.2) is 0 Å². The number of aliphatic hydroxyl groups is 2. The van der Waals surface area contributed by atoms with Crippen molar-refractivity contribution in [3.63, 3.8) is 0 Å². The molecule has 1 aliphatic heterocycles. The highest BCUT2D eigenvalue weighted by Gasteiger charge is 2.28. The highest BCUT2D eigenvalue weighted by Crippen LogP contribution is 2.08. The Bertz CT molecular complexity index is 153. The lowest BCUT2D eigenvalue weighted by Gasteiger charge is -2.15. The molecule has 2 N–H and O–H groups in total. The van der Waals surface area contributed by atoms with Crippen LogP contribution in [0, 0.1) is 5.92 Å². The Labute approximate surface area is 85.5 Å². The minimum absolute atomic E-state index is 0.560. The molecule has 1 fully saturated rings. The lowest BCUT2D eigenvalue weighted by molar-refractivity contribution is 0.0572. The first kappa shape index (κ1) is 11.9. The Balaban J connectivity index is 2.03. The molecule has 1 heterocycles. The zero-order chi connectivity index (χ0) is 10.6. The van der Waals surface area contributed by atoms with Crippen molar-refractivity contribution in [3.05, 3.63) is 0 Å². The number of likely N-dealkylation sites (tertiary alicyclic amines) is 1. The molecular weight excluding hydrogens is 182 g/mol. The fourth-order valence-electron chi connectivity index (χ4n) is 1.54. The third-order valence-corrected chi connectivity index (χ3v) is 2.34. The van der Waals surface area contributed by atoms with Crippen molar-refractivity contribution in [1.29, 1.82) is 0 Å². The summed E-state index contributed by atoms with van der Waals surface area (Å²) < 4.78 is 5.42. The van der Waals surface area contributed by atoms with E-state index in [2.05, 4.69) is 13.8 Å². The maximum atomic E-state index is 9.28. The Kier molecular flexibility index (Phi) is 4.81. The molecule has 0 aromatic heterocycles. The second-order valence-electron chi connectivity index (χ2n) is 4.36. The van der Waals surface area contributed by atoms with Crippen molar-refractivity contribution in [2.45, 2.75) is 26.1 Å². The SMILES string of the molecule is CC(C)COCCN1C[C@@H](O)[C@@H](O)C1. The van der Waals surface area contributed by atoms with E-state index in [9.17, 15) is 10.2 Å². The maximum Gasteiger partial charge on any atom is 0.0938 e. The Hall–Kier alpha value is -0.160. The topological polar surface area (TPSA) is 52.9 Å². The number of hydrogen-bond donors (Lipinski definition) is 2. The van der Waals surface area contributed by atoms with E-state index in [1.807, 2.05) is 4.90 Å². The largest absolute Gasteiger partial charge is 0.389 e. The summed E-state index contributed by atoms with van der Waals surface area (Å²) in [4.78, 5) is 2.02. The van der Waals surface area contributed by atoms with E-state index < -0.39 is 12.2 Å². The van der Waals surface area contributed by atoms with E-state index in [1.54, 1.807) is 0 Å². The predicted octanol–water partition coefficient (Wildman–Crippen LogP) is -0.304. The molecule has 4 nitrogen and oxygen atoms in total. The molecule has 84 valence electrons. The summed E-state index contributed by atoms with van der Waals surface area (Å²) in [6, 6.07) is 0. The van der Waals surface area contributed by atoms with E-state index >= 15 is 0 Å². The van der Waals surface area contributed by atoms with Crippen LogP contribution in [0.3, 0.4) is 0 Å². The van der Waals surface area contributed by atoms with Gasteiger partial charge in [0.2, 0.25) is 0 Å². The molecule has 0 aliphatic carbocycles. The van der Waals surface area contributed by atoms with Gasteiger partial charge in [0.05, 0.1) is 18.8 Å². The van der Waals surface area contributed by atoms with Gasteiger partial charge in [-0.05, 0) is 5.92 Å². The summed E-state index contributed by atoms with van der Waals surface area (Å²) in [6.07, 6.45) is -1.17. The predicted molar refractivity (Wildman–Crippen MR) is 54.1 cm³/mol. The lowest BCUT2D eigenvalue weighted by Crippen LogP contribution is -2.26. The zero-order valence-electron chi connectivity index (χ0n) is 9.02. The van der Waals surface area contributed by atoms with Crippen LogP contribution in [-0.2, 0) is 4.74 Å². The molecule has 14 heavy (non-hydrogen) atoms. The molecule has 0 amide bonds. The molecule has 4 heteroatoms. The summed E-state index contributed by atoms with van der Waals surface area (Å²) in [5, 5.41) is 18.6. The van der Waals surface area contributed by atoms with E-state index in [4.69, 9.17) is 4.74 Å². The first-order valence-corrected chi connectivity index (χ1v) is 5.26. The summed E-state index contributed by atoms with van der Waals surface area (Å²) in [5.74, 6) is 0.560. The van der Waals surface area contributed by atoms with E-state index in [0.29, 0.717) is 25.6 Å². The van der Waals surface area contributed by atoms with Gasteiger partial charge in [0.1, 0.15) is 0 Å². The van der Waals surface area contributed by atoms with Gasteiger partial charge in [-0.15, -0.1) is 0 Å². The van der Waals surface area contributed by atoms with Gasteiger partial charge in [-0.2, -0.15) is 0 Å². The normalized spacial score (nSPS) is 28.9. The Morgan fingerprint density at radius 3 is 2.36 bits per heavy atom. The second-order valence-corrected chi connectivity index (χ2v) is 4.36. The molecule has 1 rings (SSSR count). The molecule has 1 saturated heterocycles. The number of aliphatic hydroxyl groups excluding tert-OH is 2. The van der Waals surface area contributed by atoms with Crippen LogP contribution in [0.1, 0.15) is 13.8 Å². The van der Waals surface area contributed by atoms with Crippen molar-refractivity contribution in [2.75, 3.05) is 32.8 Å². The maximum absolute atomic E-state index is 9.28. The summed E-state index contributed by atoms with van der Waals surface area (Å²) in [6.45, 7) is 7.60. The summed E-state index contributed by atoms with van der Waals surface area (Å²) in [5.41, 5.74) is 0. The second kappa shape index (κ2) is 5.66. The molecule has 2 atom stereocenters. The third kappa shape index (κ3) is 3.92. The van der Waals surface area contributed by atoms with Crippen LogP contribution in [0.25, 0.3) is 0 Å². The lowest BCUT2D eigenvalue weighted by atomic mass is 10.2. The molecule has 0 radical (unpaired) electrons. The van der Waals surface area contributed by atoms with E-state index in [1.165, 1.54) is 0 Å². The molecule has 0 aromatic rings. The van der Waals surface area contributed by atoms with Crippen molar-refractivity contribution < 1.29 is 14.9 Å². The van der Waals surface area contributed by atoms with Crippen molar-refractivity contribution in [3.8, 4) is 0 Å². The minimum atomic E-state index is -0.583. The molecule has 0 bridgehead atoms. The molecule has 0 spiro atoms. The smallest absolute Gasteiger partial charge is 0.0938 e. The van der Waals surface area contributed by atoms with Gasteiger partial charge in [0.25, 0.3) is 0 Å². The highest BCUT2D eigenvalue weighted by molar-refractivity contribution is 4.82. The van der Waals surface area contributed by atoms with Gasteiger partial charge in [-0.1, -0.05) is 13.8 Å². The number of rotatable bonds is 5. The number of hydrogen-bond acceptors (Lipinski definition) is 4. The fraction of sp³-hybridized carbons (Fsp3) is 1.00. The van der Waals surface area contributed by atoms with Crippen LogP contribution in [0.5, 0.6) is 0 Å². The minimum Gasteiger partial charge on any atom is -0.389 e. The number of β-amino-alcohol motifs (C(OH)–C–C–N with tert-alkyl or cyclic N) is 2. The number of ether oxygens (including phenoxy) is 1. The summed E-state index contributed by atoms with van der Waals surface area (Å²) >= 11 is 0. The zero-order valence-corrected chi connectivity index (χ0v) is 9.02. The molecule has 0 unspecified atom stereocenters.